The Kier molecular flexibility index (Phi) is 6.00. The fraction of sp³-hybridized carbons (Fsp3) is 0.500. The average Bonchev–Trinajstić information content (AvgIpc) is 2.30. The van der Waals surface area contributed by atoms with Gasteiger partial charge in [0.1, 0.15) is 0 Å². The summed E-state index contributed by atoms with van der Waals surface area (Å²) < 4.78 is 0. The highest BCUT2D eigenvalue weighted by Crippen LogP contribution is 2.05. The van der Waals surface area contributed by atoms with Crippen LogP contribution in [0.25, 0.3) is 0 Å². The summed E-state index contributed by atoms with van der Waals surface area (Å²) >= 11 is 0. The van der Waals surface area contributed by atoms with Gasteiger partial charge in [0.15, 0.2) is 0 Å². The lowest BCUT2D eigenvalue weighted by atomic mass is 10.1. The molecule has 1 aromatic rings. The maximum atomic E-state index is 5.53. The molecule has 0 fully saturated rings. The molecule has 0 aliphatic carbocycles. The zero-order chi connectivity index (χ0) is 10.9. The summed E-state index contributed by atoms with van der Waals surface area (Å²) in [6.07, 6.45) is 2.27. The van der Waals surface area contributed by atoms with Gasteiger partial charge in [-0.3, -0.25) is 0 Å². The lowest BCUT2D eigenvalue weighted by Gasteiger charge is -2.04. The Hall–Kier alpha value is -0.900. The van der Waals surface area contributed by atoms with Gasteiger partial charge < -0.3 is 16.8 Å². The number of nitrogens with two attached hydrogens (primary N) is 2. The summed E-state index contributed by atoms with van der Waals surface area (Å²) in [6.45, 7) is 3.28. The van der Waals surface area contributed by atoms with Crippen molar-refractivity contribution in [3.63, 3.8) is 0 Å². The lowest BCUT2D eigenvalue weighted by Crippen LogP contribution is -2.23. The van der Waals surface area contributed by atoms with Gasteiger partial charge in [-0.15, -0.1) is 0 Å². The molecule has 3 nitrogen and oxygen atoms in total. The van der Waals surface area contributed by atoms with Crippen LogP contribution in [0.4, 0.5) is 0 Å². The van der Waals surface area contributed by atoms with Gasteiger partial charge in [0.25, 0.3) is 0 Å². The first-order chi connectivity index (χ1) is 7.36. The van der Waals surface area contributed by atoms with E-state index in [4.69, 9.17) is 11.5 Å². The average molecular weight is 207 g/mol. The molecule has 0 aromatic heterocycles. The number of hydrogen-bond acceptors (Lipinski definition) is 3. The van der Waals surface area contributed by atoms with E-state index in [0.29, 0.717) is 13.1 Å². The van der Waals surface area contributed by atoms with E-state index in [9.17, 15) is 0 Å². The summed E-state index contributed by atoms with van der Waals surface area (Å²) in [5.74, 6) is 0. The van der Waals surface area contributed by atoms with E-state index in [-0.39, 0.29) is 0 Å². The second-order valence-electron chi connectivity index (χ2n) is 3.66. The number of rotatable bonds is 7. The number of benzene rings is 1. The van der Waals surface area contributed by atoms with Crippen molar-refractivity contribution in [3.05, 3.63) is 35.4 Å². The fourth-order valence-corrected chi connectivity index (χ4v) is 1.49. The SMILES string of the molecule is NCCNCCCc1ccc(CN)cc1. The van der Waals surface area contributed by atoms with Gasteiger partial charge in [-0.1, -0.05) is 24.3 Å². The molecule has 5 N–H and O–H groups in total. The number of hydrogen-bond donors (Lipinski definition) is 3. The number of aryl methyl sites for hydroxylation is 1. The predicted molar refractivity (Wildman–Crippen MR) is 64.6 cm³/mol. The first-order valence-corrected chi connectivity index (χ1v) is 5.55. The molecular weight excluding hydrogens is 186 g/mol. The molecule has 0 aliphatic rings. The number of nitrogens with one attached hydrogen (secondary N) is 1. The zero-order valence-electron chi connectivity index (χ0n) is 9.21. The van der Waals surface area contributed by atoms with Crippen molar-refractivity contribution in [2.24, 2.45) is 11.5 Å². The molecule has 15 heavy (non-hydrogen) atoms. The van der Waals surface area contributed by atoms with E-state index in [1.807, 2.05) is 0 Å². The highest BCUT2D eigenvalue weighted by Gasteiger charge is 1.93. The van der Waals surface area contributed by atoms with Crippen molar-refractivity contribution in [2.45, 2.75) is 19.4 Å². The monoisotopic (exact) mass is 207 g/mol. The topological polar surface area (TPSA) is 64.1 Å². The molecular formula is C12H21N3. The van der Waals surface area contributed by atoms with Gasteiger partial charge in [0.2, 0.25) is 0 Å². The molecule has 84 valence electrons. The smallest absolute Gasteiger partial charge is 0.0178 e. The Labute approximate surface area is 91.9 Å². The molecule has 0 bridgehead atoms. The third-order valence-electron chi connectivity index (χ3n) is 2.40. The molecule has 0 saturated carbocycles. The Morgan fingerprint density at radius 3 is 2.20 bits per heavy atom. The predicted octanol–water partition coefficient (Wildman–Crippen LogP) is 0.626. The van der Waals surface area contributed by atoms with Crippen LogP contribution in [0.2, 0.25) is 0 Å². The van der Waals surface area contributed by atoms with Crippen molar-refractivity contribution in [3.8, 4) is 0 Å². The molecule has 1 rings (SSSR count). The van der Waals surface area contributed by atoms with Crippen molar-refractivity contribution < 1.29 is 0 Å². The van der Waals surface area contributed by atoms with E-state index in [2.05, 4.69) is 29.6 Å². The second kappa shape index (κ2) is 7.40. The molecule has 0 amide bonds. The van der Waals surface area contributed by atoms with E-state index in [0.717, 1.165) is 25.9 Å². The van der Waals surface area contributed by atoms with Gasteiger partial charge in [-0.2, -0.15) is 0 Å². The minimum Gasteiger partial charge on any atom is -0.329 e. The Morgan fingerprint density at radius 2 is 1.60 bits per heavy atom. The van der Waals surface area contributed by atoms with E-state index >= 15 is 0 Å². The van der Waals surface area contributed by atoms with Crippen molar-refractivity contribution in [2.75, 3.05) is 19.6 Å². The van der Waals surface area contributed by atoms with Crippen LogP contribution in [-0.4, -0.2) is 19.6 Å². The van der Waals surface area contributed by atoms with Gasteiger partial charge in [-0.25, -0.2) is 0 Å². The van der Waals surface area contributed by atoms with Crippen LogP contribution in [0.3, 0.4) is 0 Å². The molecule has 0 radical (unpaired) electrons. The van der Waals surface area contributed by atoms with Crippen LogP contribution in [0.15, 0.2) is 24.3 Å². The maximum absolute atomic E-state index is 5.53. The Morgan fingerprint density at radius 1 is 0.933 bits per heavy atom. The highest BCUT2D eigenvalue weighted by molar-refractivity contribution is 5.22. The summed E-state index contributed by atoms with van der Waals surface area (Å²) in [5.41, 5.74) is 13.5. The summed E-state index contributed by atoms with van der Waals surface area (Å²) in [6, 6.07) is 8.52. The van der Waals surface area contributed by atoms with Crippen LogP contribution < -0.4 is 16.8 Å². The van der Waals surface area contributed by atoms with Crippen LogP contribution in [0.5, 0.6) is 0 Å². The van der Waals surface area contributed by atoms with E-state index < -0.39 is 0 Å². The van der Waals surface area contributed by atoms with Gasteiger partial charge in [0, 0.05) is 19.6 Å². The van der Waals surface area contributed by atoms with E-state index in [1.165, 1.54) is 11.1 Å². The van der Waals surface area contributed by atoms with Crippen LogP contribution in [0, 0.1) is 0 Å². The largest absolute Gasteiger partial charge is 0.329 e. The Balaban J connectivity index is 2.20. The molecule has 0 aliphatic heterocycles. The highest BCUT2D eigenvalue weighted by atomic mass is 14.9. The standard InChI is InChI=1S/C12H21N3/c13-7-9-15-8-1-2-11-3-5-12(10-14)6-4-11/h3-6,15H,1-2,7-10,13-14H2. The van der Waals surface area contributed by atoms with Crippen molar-refractivity contribution in [1.82, 2.24) is 5.32 Å². The van der Waals surface area contributed by atoms with E-state index in [1.54, 1.807) is 0 Å². The van der Waals surface area contributed by atoms with Crippen LogP contribution >= 0.6 is 0 Å². The summed E-state index contributed by atoms with van der Waals surface area (Å²) in [7, 11) is 0. The quantitative estimate of drug-likeness (QED) is 0.575. The fourth-order valence-electron chi connectivity index (χ4n) is 1.49. The molecule has 0 saturated heterocycles. The minimum absolute atomic E-state index is 0.623. The second-order valence-corrected chi connectivity index (χ2v) is 3.66. The van der Waals surface area contributed by atoms with Crippen LogP contribution in [-0.2, 0) is 13.0 Å². The molecule has 0 atom stereocenters. The third kappa shape index (κ3) is 4.93. The van der Waals surface area contributed by atoms with Gasteiger partial charge in [0.05, 0.1) is 0 Å². The zero-order valence-corrected chi connectivity index (χ0v) is 9.21. The first kappa shape index (κ1) is 12.2. The third-order valence-corrected chi connectivity index (χ3v) is 2.40. The minimum atomic E-state index is 0.623. The summed E-state index contributed by atoms with van der Waals surface area (Å²) in [5, 5.41) is 3.28. The first-order valence-electron chi connectivity index (χ1n) is 5.55. The van der Waals surface area contributed by atoms with Gasteiger partial charge >= 0.3 is 0 Å². The maximum Gasteiger partial charge on any atom is 0.0178 e. The molecule has 1 aromatic carbocycles. The normalized spacial score (nSPS) is 10.5. The lowest BCUT2D eigenvalue weighted by molar-refractivity contribution is 0.653. The molecule has 3 heteroatoms. The molecule has 0 unspecified atom stereocenters. The van der Waals surface area contributed by atoms with Crippen molar-refractivity contribution in [1.29, 1.82) is 0 Å². The van der Waals surface area contributed by atoms with Crippen LogP contribution in [0.1, 0.15) is 17.5 Å². The molecule has 0 heterocycles. The van der Waals surface area contributed by atoms with Gasteiger partial charge in [-0.05, 0) is 30.5 Å². The Bertz CT molecular complexity index is 256. The summed E-state index contributed by atoms with van der Waals surface area (Å²) in [4.78, 5) is 0. The van der Waals surface area contributed by atoms with Crippen molar-refractivity contribution >= 4 is 0 Å². The molecule has 0 spiro atoms.